The Morgan fingerprint density at radius 1 is 1.23 bits per heavy atom. The predicted octanol–water partition coefficient (Wildman–Crippen LogP) is -0.697. The largest absolute Gasteiger partial charge is 0.390 e. The lowest BCUT2D eigenvalue weighted by molar-refractivity contribution is -0.123. The second-order valence-electron chi connectivity index (χ2n) is 5.57. The van der Waals surface area contributed by atoms with Crippen LogP contribution in [0.25, 0.3) is 0 Å². The van der Waals surface area contributed by atoms with Crippen LogP contribution in [0, 0.1) is 5.92 Å². The molecule has 4 N–H and O–H groups in total. The first kappa shape index (κ1) is 16.9. The van der Waals surface area contributed by atoms with E-state index in [1.54, 1.807) is 0 Å². The number of ether oxygens (including phenoxy) is 1. The molecule has 2 rings (SSSR count). The Morgan fingerprint density at radius 3 is 2.77 bits per heavy atom. The van der Waals surface area contributed by atoms with Crippen molar-refractivity contribution in [3.05, 3.63) is 35.9 Å². The molecule has 1 aromatic carbocycles. The summed E-state index contributed by atoms with van der Waals surface area (Å²) in [5, 5.41) is 25.1. The van der Waals surface area contributed by atoms with Crippen LogP contribution in [0.1, 0.15) is 5.56 Å². The molecule has 1 aliphatic rings. The van der Waals surface area contributed by atoms with Crippen molar-refractivity contribution in [1.82, 2.24) is 10.6 Å². The average Bonchev–Trinajstić information content (AvgIpc) is 2.52. The van der Waals surface area contributed by atoms with E-state index in [1.807, 2.05) is 30.3 Å². The van der Waals surface area contributed by atoms with Gasteiger partial charge in [-0.05, 0) is 12.0 Å². The molecule has 1 saturated heterocycles. The third-order valence-electron chi connectivity index (χ3n) is 3.77. The van der Waals surface area contributed by atoms with Gasteiger partial charge in [0.15, 0.2) is 0 Å². The van der Waals surface area contributed by atoms with Crippen LogP contribution in [0.4, 0.5) is 0 Å². The summed E-state index contributed by atoms with van der Waals surface area (Å²) < 4.78 is 5.19. The Kier molecular flexibility index (Phi) is 6.79. The fourth-order valence-corrected chi connectivity index (χ4v) is 2.46. The molecule has 0 radical (unpaired) electrons. The van der Waals surface area contributed by atoms with E-state index >= 15 is 0 Å². The van der Waals surface area contributed by atoms with E-state index in [9.17, 15) is 15.0 Å². The third kappa shape index (κ3) is 5.38. The van der Waals surface area contributed by atoms with Gasteiger partial charge >= 0.3 is 0 Å². The van der Waals surface area contributed by atoms with Gasteiger partial charge in [0, 0.05) is 19.0 Å². The summed E-state index contributed by atoms with van der Waals surface area (Å²) in [5.74, 6) is -0.274. The third-order valence-corrected chi connectivity index (χ3v) is 3.77. The molecule has 0 bridgehead atoms. The van der Waals surface area contributed by atoms with Crippen LogP contribution in [-0.4, -0.2) is 61.2 Å². The highest BCUT2D eigenvalue weighted by molar-refractivity contribution is 5.77. The van der Waals surface area contributed by atoms with Crippen molar-refractivity contribution >= 4 is 5.91 Å². The first-order chi connectivity index (χ1) is 10.7. The minimum atomic E-state index is -0.847. The summed E-state index contributed by atoms with van der Waals surface area (Å²) in [4.78, 5) is 11.7. The van der Waals surface area contributed by atoms with Crippen molar-refractivity contribution < 1.29 is 19.7 Å². The van der Waals surface area contributed by atoms with Gasteiger partial charge in [0.1, 0.15) is 6.10 Å². The Hall–Kier alpha value is -1.47. The monoisotopic (exact) mass is 308 g/mol. The van der Waals surface area contributed by atoms with Gasteiger partial charge in [-0.15, -0.1) is 0 Å². The number of rotatable bonds is 7. The van der Waals surface area contributed by atoms with Crippen LogP contribution in [0.3, 0.4) is 0 Å². The summed E-state index contributed by atoms with van der Waals surface area (Å²) in [6, 6.07) is 9.97. The van der Waals surface area contributed by atoms with Crippen molar-refractivity contribution in [2.24, 2.45) is 5.92 Å². The molecule has 6 nitrogen and oxygen atoms in total. The van der Waals surface area contributed by atoms with Crippen LogP contribution in [-0.2, 0) is 16.0 Å². The summed E-state index contributed by atoms with van der Waals surface area (Å²) in [7, 11) is 0. The number of benzene rings is 1. The standard InChI is InChI=1S/C16H24N2O4/c19-14-11-22-10-13(16(14)21)8-17-9-15(20)18-7-6-12-4-2-1-3-5-12/h1-5,13-14,16-17,19,21H,6-11H2,(H,18,20)/t13-,14-,16+/m1/s1. The van der Waals surface area contributed by atoms with Crippen LogP contribution in [0.5, 0.6) is 0 Å². The van der Waals surface area contributed by atoms with E-state index in [-0.39, 0.29) is 25.0 Å². The highest BCUT2D eigenvalue weighted by Gasteiger charge is 2.30. The fraction of sp³-hybridized carbons (Fsp3) is 0.562. The number of carbonyl (C=O) groups excluding carboxylic acids is 1. The van der Waals surface area contributed by atoms with Crippen molar-refractivity contribution in [3.63, 3.8) is 0 Å². The van der Waals surface area contributed by atoms with E-state index in [1.165, 1.54) is 5.56 Å². The van der Waals surface area contributed by atoms with Gasteiger partial charge in [0.25, 0.3) is 0 Å². The molecule has 0 spiro atoms. The van der Waals surface area contributed by atoms with Crippen molar-refractivity contribution in [2.45, 2.75) is 18.6 Å². The maximum absolute atomic E-state index is 11.7. The molecule has 0 aliphatic carbocycles. The Morgan fingerprint density at radius 2 is 2.00 bits per heavy atom. The Bertz CT molecular complexity index is 455. The first-order valence-electron chi connectivity index (χ1n) is 7.62. The number of hydrogen-bond donors (Lipinski definition) is 4. The topological polar surface area (TPSA) is 90.8 Å². The SMILES string of the molecule is O=C(CNC[C@@H]1COC[C@@H](O)[C@H]1O)NCCc1ccccc1. The number of carbonyl (C=O) groups is 1. The van der Waals surface area contributed by atoms with Gasteiger partial charge in [-0.1, -0.05) is 30.3 Å². The number of amides is 1. The molecule has 1 amide bonds. The van der Waals surface area contributed by atoms with Crippen molar-refractivity contribution in [3.8, 4) is 0 Å². The molecule has 0 saturated carbocycles. The van der Waals surface area contributed by atoms with Crippen LogP contribution >= 0.6 is 0 Å². The number of aliphatic hydroxyl groups excluding tert-OH is 2. The minimum Gasteiger partial charge on any atom is -0.390 e. The molecule has 1 aliphatic heterocycles. The molecule has 6 heteroatoms. The summed E-state index contributed by atoms with van der Waals surface area (Å²) in [6.45, 7) is 1.77. The zero-order valence-electron chi connectivity index (χ0n) is 12.6. The van der Waals surface area contributed by atoms with Gasteiger partial charge in [0.05, 0.1) is 25.9 Å². The Balaban J connectivity index is 1.58. The van der Waals surface area contributed by atoms with Crippen LogP contribution in [0.15, 0.2) is 30.3 Å². The molecule has 22 heavy (non-hydrogen) atoms. The van der Waals surface area contributed by atoms with Crippen LogP contribution in [0.2, 0.25) is 0 Å². The maximum atomic E-state index is 11.7. The molecule has 0 unspecified atom stereocenters. The summed E-state index contributed by atoms with van der Waals surface area (Å²) >= 11 is 0. The molecule has 1 fully saturated rings. The quantitative estimate of drug-likeness (QED) is 0.535. The molecule has 122 valence electrons. The summed E-state index contributed by atoms with van der Waals surface area (Å²) in [5.41, 5.74) is 1.19. The lowest BCUT2D eigenvalue weighted by Gasteiger charge is -2.31. The normalized spacial score (nSPS) is 24.9. The van der Waals surface area contributed by atoms with Gasteiger partial charge in [-0.2, -0.15) is 0 Å². The molecule has 1 aromatic rings. The molecule has 0 aromatic heterocycles. The maximum Gasteiger partial charge on any atom is 0.233 e. The zero-order valence-corrected chi connectivity index (χ0v) is 12.6. The van der Waals surface area contributed by atoms with Crippen molar-refractivity contribution in [2.75, 3.05) is 32.8 Å². The fourth-order valence-electron chi connectivity index (χ4n) is 2.46. The smallest absolute Gasteiger partial charge is 0.233 e. The molecule has 1 heterocycles. The Labute approximate surface area is 130 Å². The van der Waals surface area contributed by atoms with Gasteiger partial charge < -0.3 is 25.6 Å². The molecular weight excluding hydrogens is 284 g/mol. The number of aliphatic hydroxyl groups is 2. The zero-order chi connectivity index (χ0) is 15.8. The van der Waals surface area contributed by atoms with Gasteiger partial charge in [0.2, 0.25) is 5.91 Å². The van der Waals surface area contributed by atoms with E-state index in [0.29, 0.717) is 19.7 Å². The van der Waals surface area contributed by atoms with Crippen molar-refractivity contribution in [1.29, 1.82) is 0 Å². The second-order valence-corrected chi connectivity index (χ2v) is 5.57. The number of hydrogen-bond acceptors (Lipinski definition) is 5. The number of nitrogens with one attached hydrogen (secondary N) is 2. The lowest BCUT2D eigenvalue weighted by atomic mass is 9.96. The van der Waals surface area contributed by atoms with Gasteiger partial charge in [-0.25, -0.2) is 0 Å². The van der Waals surface area contributed by atoms with Crippen LogP contribution < -0.4 is 10.6 Å². The van der Waals surface area contributed by atoms with Gasteiger partial charge in [-0.3, -0.25) is 4.79 Å². The minimum absolute atomic E-state index is 0.0808. The highest BCUT2D eigenvalue weighted by atomic mass is 16.5. The summed E-state index contributed by atoms with van der Waals surface area (Å²) in [6.07, 6.45) is -0.851. The molecule has 3 atom stereocenters. The molecular formula is C16H24N2O4. The van der Waals surface area contributed by atoms with E-state index < -0.39 is 12.2 Å². The second kappa shape index (κ2) is 8.85. The van der Waals surface area contributed by atoms with E-state index in [4.69, 9.17) is 4.74 Å². The highest BCUT2D eigenvalue weighted by Crippen LogP contribution is 2.14. The first-order valence-corrected chi connectivity index (χ1v) is 7.62. The average molecular weight is 308 g/mol. The van der Waals surface area contributed by atoms with E-state index in [0.717, 1.165) is 6.42 Å². The predicted molar refractivity (Wildman–Crippen MR) is 82.3 cm³/mol. The van der Waals surface area contributed by atoms with E-state index in [2.05, 4.69) is 10.6 Å². The lowest BCUT2D eigenvalue weighted by Crippen LogP contribution is -2.48.